The number of methoxy groups -OCH3 is 1. The van der Waals surface area contributed by atoms with E-state index < -0.39 is 28.2 Å². The molecular formula is C20H24FNO4S. The molecule has 0 aliphatic heterocycles. The first-order chi connectivity index (χ1) is 12.7. The van der Waals surface area contributed by atoms with Crippen LogP contribution in [0.2, 0.25) is 0 Å². The number of hydrogen-bond acceptors (Lipinski definition) is 4. The Morgan fingerprint density at radius 2 is 1.44 bits per heavy atom. The SMILES string of the molecule is COC(=O)[C@@H](NS(=O)(=O)c1ccc(-c2ccc(C(C)F)cc2)cc1)C(C)C. The third-order valence-electron chi connectivity index (χ3n) is 4.27. The summed E-state index contributed by atoms with van der Waals surface area (Å²) in [4.78, 5) is 11.9. The number of rotatable bonds is 7. The fraction of sp³-hybridized carbons (Fsp3) is 0.350. The molecule has 0 spiro atoms. The molecule has 0 heterocycles. The highest BCUT2D eigenvalue weighted by molar-refractivity contribution is 7.89. The lowest BCUT2D eigenvalue weighted by Gasteiger charge is -2.19. The van der Waals surface area contributed by atoms with E-state index in [9.17, 15) is 17.6 Å². The zero-order valence-corrected chi connectivity index (χ0v) is 16.6. The fourth-order valence-corrected chi connectivity index (χ4v) is 3.92. The number of nitrogens with one attached hydrogen (secondary N) is 1. The van der Waals surface area contributed by atoms with Crippen molar-refractivity contribution in [1.29, 1.82) is 0 Å². The Kier molecular flexibility index (Phi) is 6.73. The molecule has 7 heteroatoms. The minimum Gasteiger partial charge on any atom is -0.468 e. The maximum absolute atomic E-state index is 13.3. The van der Waals surface area contributed by atoms with Gasteiger partial charge in [-0.1, -0.05) is 50.2 Å². The van der Waals surface area contributed by atoms with Crippen LogP contribution in [0.4, 0.5) is 4.39 Å². The highest BCUT2D eigenvalue weighted by atomic mass is 32.2. The van der Waals surface area contributed by atoms with Crippen LogP contribution in [0.15, 0.2) is 53.4 Å². The summed E-state index contributed by atoms with van der Waals surface area (Å²) in [7, 11) is -2.66. The van der Waals surface area contributed by atoms with Gasteiger partial charge < -0.3 is 4.74 Å². The monoisotopic (exact) mass is 393 g/mol. The summed E-state index contributed by atoms with van der Waals surface area (Å²) in [6.07, 6.45) is -1.04. The molecule has 1 unspecified atom stereocenters. The van der Waals surface area contributed by atoms with Crippen LogP contribution in [0, 0.1) is 5.92 Å². The molecule has 0 bridgehead atoms. The Bertz CT molecular complexity index is 875. The summed E-state index contributed by atoms with van der Waals surface area (Å²) >= 11 is 0. The molecule has 5 nitrogen and oxygen atoms in total. The molecule has 27 heavy (non-hydrogen) atoms. The van der Waals surface area contributed by atoms with Crippen molar-refractivity contribution in [3.05, 3.63) is 54.1 Å². The van der Waals surface area contributed by atoms with Gasteiger partial charge in [0.05, 0.1) is 12.0 Å². The van der Waals surface area contributed by atoms with Crippen molar-refractivity contribution in [2.24, 2.45) is 5.92 Å². The second-order valence-electron chi connectivity index (χ2n) is 6.63. The molecule has 0 saturated heterocycles. The fourth-order valence-electron chi connectivity index (χ4n) is 2.59. The molecule has 2 rings (SSSR count). The zero-order valence-electron chi connectivity index (χ0n) is 15.8. The second kappa shape index (κ2) is 8.63. The van der Waals surface area contributed by atoms with E-state index >= 15 is 0 Å². The van der Waals surface area contributed by atoms with Crippen LogP contribution in [0.1, 0.15) is 32.5 Å². The van der Waals surface area contributed by atoms with Gasteiger partial charge in [0, 0.05) is 0 Å². The molecule has 0 radical (unpaired) electrons. The number of ether oxygens (including phenoxy) is 1. The largest absolute Gasteiger partial charge is 0.468 e. The van der Waals surface area contributed by atoms with Crippen LogP contribution in [-0.4, -0.2) is 27.5 Å². The summed E-state index contributed by atoms with van der Waals surface area (Å²) in [5.41, 5.74) is 2.25. The average molecular weight is 393 g/mol. The molecule has 2 atom stereocenters. The Labute approximate surface area is 159 Å². The van der Waals surface area contributed by atoms with Crippen molar-refractivity contribution in [3.63, 3.8) is 0 Å². The van der Waals surface area contributed by atoms with Crippen LogP contribution in [0.25, 0.3) is 11.1 Å². The molecule has 2 aromatic carbocycles. The van der Waals surface area contributed by atoms with Crippen molar-refractivity contribution in [2.75, 3.05) is 7.11 Å². The van der Waals surface area contributed by atoms with Gasteiger partial charge in [0.1, 0.15) is 12.2 Å². The van der Waals surface area contributed by atoms with Crippen LogP contribution in [0.5, 0.6) is 0 Å². The first-order valence-corrected chi connectivity index (χ1v) is 10.1. The molecule has 1 N–H and O–H groups in total. The van der Waals surface area contributed by atoms with Gasteiger partial charge in [0.2, 0.25) is 10.0 Å². The molecular weight excluding hydrogens is 369 g/mol. The Balaban J connectivity index is 2.23. The van der Waals surface area contributed by atoms with Crippen molar-refractivity contribution >= 4 is 16.0 Å². The van der Waals surface area contributed by atoms with Crippen LogP contribution < -0.4 is 4.72 Å². The van der Waals surface area contributed by atoms with Gasteiger partial charge in [0.25, 0.3) is 0 Å². The second-order valence-corrected chi connectivity index (χ2v) is 8.34. The molecule has 0 aliphatic rings. The van der Waals surface area contributed by atoms with Gasteiger partial charge in [-0.2, -0.15) is 4.72 Å². The van der Waals surface area contributed by atoms with E-state index in [1.165, 1.54) is 26.2 Å². The summed E-state index contributed by atoms with van der Waals surface area (Å²) in [6.45, 7) is 4.94. The number of halogens is 1. The quantitative estimate of drug-likeness (QED) is 0.725. The highest BCUT2D eigenvalue weighted by Crippen LogP contribution is 2.24. The van der Waals surface area contributed by atoms with Crippen LogP contribution in [-0.2, 0) is 19.6 Å². The lowest BCUT2D eigenvalue weighted by Crippen LogP contribution is -2.44. The smallest absolute Gasteiger partial charge is 0.324 e. The van der Waals surface area contributed by atoms with Gasteiger partial charge in [-0.3, -0.25) is 4.79 Å². The van der Waals surface area contributed by atoms with E-state index in [2.05, 4.69) is 9.46 Å². The van der Waals surface area contributed by atoms with Gasteiger partial charge in [-0.25, -0.2) is 12.8 Å². The standard InChI is InChI=1S/C20H24FNO4S/c1-13(2)19(20(23)26-4)22-27(24,25)18-11-9-17(10-12-18)16-7-5-15(6-8-16)14(3)21/h5-14,19,22H,1-4H3/t14?,19-/m0/s1. The number of hydrogen-bond donors (Lipinski definition) is 1. The number of benzene rings is 2. The third-order valence-corrected chi connectivity index (χ3v) is 5.73. The van der Waals surface area contributed by atoms with Crippen LogP contribution in [0.3, 0.4) is 0 Å². The Morgan fingerprint density at radius 1 is 0.963 bits per heavy atom. The van der Waals surface area contributed by atoms with Crippen molar-refractivity contribution in [2.45, 2.75) is 37.9 Å². The van der Waals surface area contributed by atoms with E-state index in [1.807, 2.05) is 0 Å². The minimum absolute atomic E-state index is 0.0507. The van der Waals surface area contributed by atoms with Crippen molar-refractivity contribution in [3.8, 4) is 11.1 Å². The maximum atomic E-state index is 13.3. The average Bonchev–Trinajstić information content (AvgIpc) is 2.65. The number of sulfonamides is 1. The van der Waals surface area contributed by atoms with Gasteiger partial charge in [-0.15, -0.1) is 0 Å². The molecule has 0 aliphatic carbocycles. The lowest BCUT2D eigenvalue weighted by molar-refractivity contribution is -0.143. The normalized spacial score (nSPS) is 14.0. The maximum Gasteiger partial charge on any atom is 0.324 e. The van der Waals surface area contributed by atoms with Gasteiger partial charge in [-0.05, 0) is 41.7 Å². The van der Waals surface area contributed by atoms with Crippen molar-refractivity contribution < 1.29 is 22.3 Å². The first-order valence-electron chi connectivity index (χ1n) is 8.60. The topological polar surface area (TPSA) is 72.5 Å². The van der Waals surface area contributed by atoms with E-state index in [-0.39, 0.29) is 10.8 Å². The molecule has 146 valence electrons. The first kappa shape index (κ1) is 21.1. The van der Waals surface area contributed by atoms with E-state index in [0.29, 0.717) is 5.56 Å². The summed E-state index contributed by atoms with van der Waals surface area (Å²) in [5.74, 6) is -0.893. The molecule has 2 aromatic rings. The van der Waals surface area contributed by atoms with Gasteiger partial charge in [0.15, 0.2) is 0 Å². The number of carbonyl (C=O) groups excluding carboxylic acids is 1. The van der Waals surface area contributed by atoms with Crippen molar-refractivity contribution in [1.82, 2.24) is 4.72 Å². The summed E-state index contributed by atoms with van der Waals surface area (Å²) in [6, 6.07) is 12.3. The van der Waals surface area contributed by atoms with E-state index in [0.717, 1.165) is 11.1 Å². The molecule has 0 fully saturated rings. The lowest BCUT2D eigenvalue weighted by atomic mass is 10.0. The van der Waals surface area contributed by atoms with Crippen LogP contribution >= 0.6 is 0 Å². The van der Waals surface area contributed by atoms with E-state index in [4.69, 9.17) is 0 Å². The number of alkyl halides is 1. The Morgan fingerprint density at radius 3 is 1.85 bits per heavy atom. The zero-order chi connectivity index (χ0) is 20.2. The molecule has 0 aromatic heterocycles. The molecule has 0 saturated carbocycles. The van der Waals surface area contributed by atoms with Gasteiger partial charge >= 0.3 is 5.97 Å². The minimum atomic E-state index is -3.88. The summed E-state index contributed by atoms with van der Waals surface area (Å²) < 4.78 is 45.5. The number of esters is 1. The third kappa shape index (κ3) is 5.14. The predicted molar refractivity (Wildman–Crippen MR) is 102 cm³/mol. The number of carbonyl (C=O) groups is 1. The summed E-state index contributed by atoms with van der Waals surface area (Å²) in [5, 5.41) is 0. The van der Waals surface area contributed by atoms with E-state index in [1.54, 1.807) is 50.2 Å². The Hall–Kier alpha value is -2.25. The predicted octanol–water partition coefficient (Wildman–Crippen LogP) is 3.86. The molecule has 0 amide bonds. The highest BCUT2D eigenvalue weighted by Gasteiger charge is 2.29.